The molecule has 8 heteroatoms. The Bertz CT molecular complexity index is 1120. The highest BCUT2D eigenvalue weighted by Gasteiger charge is 2.24. The van der Waals surface area contributed by atoms with E-state index in [0.29, 0.717) is 11.3 Å². The maximum atomic E-state index is 12.7. The number of fused-ring (bicyclic) bond motifs is 3. The second kappa shape index (κ2) is 9.55. The minimum absolute atomic E-state index is 0.150. The van der Waals surface area contributed by atoms with Crippen molar-refractivity contribution in [3.05, 3.63) is 68.6 Å². The quantitative estimate of drug-likeness (QED) is 0.361. The predicted octanol–water partition coefficient (Wildman–Crippen LogP) is 4.12. The number of nitrogens with zero attached hydrogens (tertiary/aromatic N) is 2. The Morgan fingerprint density at radius 3 is 2.77 bits per heavy atom. The zero-order chi connectivity index (χ0) is 21.8. The SMILES string of the molecule is C=Cc1ccc(Cl)cc1.C[C@@H]1CCc2c(sc3ncn([C@H](C)C(=O)NN)c(=O)c23)C1. The van der Waals surface area contributed by atoms with Crippen LogP contribution in [0.25, 0.3) is 16.3 Å². The van der Waals surface area contributed by atoms with Crippen LogP contribution < -0.4 is 16.8 Å². The monoisotopic (exact) mass is 444 g/mol. The lowest BCUT2D eigenvalue weighted by atomic mass is 9.89. The maximum Gasteiger partial charge on any atom is 0.263 e. The number of carbonyl (C=O) groups is 1. The van der Waals surface area contributed by atoms with Crippen LogP contribution in [0, 0.1) is 5.92 Å². The van der Waals surface area contributed by atoms with Gasteiger partial charge in [-0.3, -0.25) is 19.6 Å². The Balaban J connectivity index is 0.000000239. The summed E-state index contributed by atoms with van der Waals surface area (Å²) < 4.78 is 1.36. The second-order valence-electron chi connectivity index (χ2n) is 7.43. The fourth-order valence-electron chi connectivity index (χ4n) is 3.47. The van der Waals surface area contributed by atoms with Gasteiger partial charge >= 0.3 is 0 Å². The molecular weight excluding hydrogens is 420 g/mol. The summed E-state index contributed by atoms with van der Waals surface area (Å²) in [6.45, 7) is 7.48. The number of aryl methyl sites for hydroxylation is 1. The van der Waals surface area contributed by atoms with Crippen LogP contribution >= 0.6 is 22.9 Å². The number of carbonyl (C=O) groups excluding carboxylic acids is 1. The first-order chi connectivity index (χ1) is 14.3. The standard InChI is InChI=1S/C14H18N4O2S.C8H7Cl/c1-7-3-4-9-10(5-7)21-13-11(9)14(20)18(6-16-13)8(2)12(19)17-15;1-2-7-3-5-8(9)6-4-7/h6-8H,3-5,15H2,1-2H3,(H,17,19);2-6H,1H2/t7-,8-;/m1./s1. The van der Waals surface area contributed by atoms with E-state index < -0.39 is 11.9 Å². The Labute approximate surface area is 184 Å². The number of nitrogens with one attached hydrogen (secondary N) is 1. The molecule has 6 nitrogen and oxygen atoms in total. The van der Waals surface area contributed by atoms with Crippen molar-refractivity contribution in [2.24, 2.45) is 11.8 Å². The van der Waals surface area contributed by atoms with E-state index in [1.807, 2.05) is 24.3 Å². The molecule has 3 aromatic rings. The number of hydrazine groups is 1. The summed E-state index contributed by atoms with van der Waals surface area (Å²) >= 11 is 7.24. The summed E-state index contributed by atoms with van der Waals surface area (Å²) in [6.07, 6.45) is 6.24. The van der Waals surface area contributed by atoms with Crippen LogP contribution in [0.5, 0.6) is 0 Å². The summed E-state index contributed by atoms with van der Waals surface area (Å²) in [5.74, 6) is 5.39. The highest BCUT2D eigenvalue weighted by molar-refractivity contribution is 7.18. The Morgan fingerprint density at radius 1 is 1.43 bits per heavy atom. The molecule has 30 heavy (non-hydrogen) atoms. The number of hydrogen-bond acceptors (Lipinski definition) is 5. The van der Waals surface area contributed by atoms with E-state index in [-0.39, 0.29) is 5.56 Å². The van der Waals surface area contributed by atoms with Crippen LogP contribution in [-0.2, 0) is 17.6 Å². The smallest absolute Gasteiger partial charge is 0.263 e. The molecule has 0 spiro atoms. The molecule has 1 aromatic carbocycles. The first-order valence-electron chi connectivity index (χ1n) is 9.75. The molecule has 2 aromatic heterocycles. The number of hydrogen-bond donors (Lipinski definition) is 2. The summed E-state index contributed by atoms with van der Waals surface area (Å²) in [5.41, 5.74) is 4.15. The predicted molar refractivity (Wildman–Crippen MR) is 124 cm³/mol. The molecule has 0 fully saturated rings. The van der Waals surface area contributed by atoms with Crippen molar-refractivity contribution in [3.8, 4) is 0 Å². The molecule has 1 aliphatic carbocycles. The van der Waals surface area contributed by atoms with Crippen LogP contribution in [-0.4, -0.2) is 15.5 Å². The van der Waals surface area contributed by atoms with Gasteiger partial charge in [-0.15, -0.1) is 11.3 Å². The maximum absolute atomic E-state index is 12.7. The van der Waals surface area contributed by atoms with Gasteiger partial charge in [0, 0.05) is 9.90 Å². The molecule has 2 heterocycles. The molecule has 4 rings (SSSR count). The molecule has 0 saturated heterocycles. The summed E-state index contributed by atoms with van der Waals surface area (Å²) in [7, 11) is 0. The van der Waals surface area contributed by atoms with Gasteiger partial charge in [0.2, 0.25) is 0 Å². The van der Waals surface area contributed by atoms with Crippen molar-refractivity contribution in [1.82, 2.24) is 15.0 Å². The third-order valence-electron chi connectivity index (χ3n) is 5.29. The van der Waals surface area contributed by atoms with Gasteiger partial charge in [0.1, 0.15) is 10.9 Å². The molecule has 0 saturated carbocycles. The number of halogens is 1. The van der Waals surface area contributed by atoms with E-state index >= 15 is 0 Å². The van der Waals surface area contributed by atoms with E-state index in [4.69, 9.17) is 17.4 Å². The van der Waals surface area contributed by atoms with Crippen LogP contribution in [0.1, 0.15) is 42.3 Å². The first kappa shape index (κ1) is 22.2. The number of benzene rings is 1. The van der Waals surface area contributed by atoms with Gasteiger partial charge in [-0.1, -0.05) is 43.3 Å². The number of nitrogens with two attached hydrogens (primary N) is 1. The molecule has 0 bridgehead atoms. The third-order valence-corrected chi connectivity index (χ3v) is 6.70. The van der Waals surface area contributed by atoms with Gasteiger partial charge in [-0.05, 0) is 55.4 Å². The lowest BCUT2D eigenvalue weighted by Gasteiger charge is -2.18. The van der Waals surface area contributed by atoms with Gasteiger partial charge in [-0.2, -0.15) is 0 Å². The normalized spacial score (nSPS) is 16.2. The van der Waals surface area contributed by atoms with Crippen molar-refractivity contribution < 1.29 is 4.79 Å². The van der Waals surface area contributed by atoms with Crippen LogP contribution in [0.15, 0.2) is 42.0 Å². The van der Waals surface area contributed by atoms with Crippen molar-refractivity contribution in [1.29, 1.82) is 0 Å². The lowest BCUT2D eigenvalue weighted by molar-refractivity contribution is -0.124. The molecule has 0 aliphatic heterocycles. The molecule has 3 N–H and O–H groups in total. The Kier molecular flexibility index (Phi) is 7.07. The van der Waals surface area contributed by atoms with Crippen LogP contribution in [0.2, 0.25) is 5.02 Å². The third kappa shape index (κ3) is 4.64. The minimum Gasteiger partial charge on any atom is -0.292 e. The highest BCUT2D eigenvalue weighted by atomic mass is 35.5. The lowest BCUT2D eigenvalue weighted by Crippen LogP contribution is -2.39. The fourth-order valence-corrected chi connectivity index (χ4v) is 4.93. The van der Waals surface area contributed by atoms with E-state index in [1.54, 1.807) is 24.3 Å². The number of amides is 1. The van der Waals surface area contributed by atoms with Crippen molar-refractivity contribution in [2.45, 2.75) is 39.2 Å². The van der Waals surface area contributed by atoms with E-state index in [9.17, 15) is 9.59 Å². The van der Waals surface area contributed by atoms with Gasteiger partial charge in [0.15, 0.2) is 0 Å². The molecule has 158 valence electrons. The van der Waals surface area contributed by atoms with Crippen molar-refractivity contribution >= 4 is 45.1 Å². The molecule has 2 atom stereocenters. The minimum atomic E-state index is -0.669. The van der Waals surface area contributed by atoms with E-state index in [0.717, 1.165) is 40.2 Å². The average molecular weight is 445 g/mol. The highest BCUT2D eigenvalue weighted by Crippen LogP contribution is 2.35. The topological polar surface area (TPSA) is 90.0 Å². The largest absolute Gasteiger partial charge is 0.292 e. The van der Waals surface area contributed by atoms with Gasteiger partial charge in [0.25, 0.3) is 11.5 Å². The molecule has 0 radical (unpaired) electrons. The zero-order valence-corrected chi connectivity index (χ0v) is 18.6. The Hall–Kier alpha value is -2.48. The molecule has 0 unspecified atom stereocenters. The van der Waals surface area contributed by atoms with Crippen LogP contribution in [0.4, 0.5) is 0 Å². The first-order valence-corrected chi connectivity index (χ1v) is 10.9. The molecular formula is C22H25ClN4O2S. The second-order valence-corrected chi connectivity index (χ2v) is 8.95. The molecule has 1 aliphatic rings. The van der Waals surface area contributed by atoms with Crippen molar-refractivity contribution in [3.63, 3.8) is 0 Å². The van der Waals surface area contributed by atoms with Gasteiger partial charge in [0.05, 0.1) is 11.7 Å². The van der Waals surface area contributed by atoms with E-state index in [1.165, 1.54) is 15.8 Å². The average Bonchev–Trinajstić information content (AvgIpc) is 3.12. The van der Waals surface area contributed by atoms with Gasteiger partial charge < -0.3 is 0 Å². The van der Waals surface area contributed by atoms with Crippen molar-refractivity contribution in [2.75, 3.05) is 0 Å². The Morgan fingerprint density at radius 2 is 2.13 bits per heavy atom. The summed E-state index contributed by atoms with van der Waals surface area (Å²) in [6, 6.07) is 6.87. The fraction of sp³-hybridized carbons (Fsp3) is 0.318. The number of aromatic nitrogens is 2. The van der Waals surface area contributed by atoms with Crippen LogP contribution in [0.3, 0.4) is 0 Å². The van der Waals surface area contributed by atoms with Gasteiger partial charge in [-0.25, -0.2) is 10.8 Å². The molecule has 1 amide bonds. The van der Waals surface area contributed by atoms with E-state index in [2.05, 4.69) is 23.9 Å². The number of thiophene rings is 1. The summed E-state index contributed by atoms with van der Waals surface area (Å²) in [5, 5.41) is 1.45. The number of rotatable bonds is 3. The zero-order valence-electron chi connectivity index (χ0n) is 17.0. The summed E-state index contributed by atoms with van der Waals surface area (Å²) in [4.78, 5) is 30.8.